The minimum atomic E-state index is -0.482. The second-order valence-corrected chi connectivity index (χ2v) is 6.43. The number of fused-ring (bicyclic) bond motifs is 2. The van der Waals surface area contributed by atoms with Crippen LogP contribution in [-0.4, -0.2) is 30.5 Å². The average molecular weight is 302 g/mol. The zero-order valence-electron chi connectivity index (χ0n) is 12.9. The molecule has 3 unspecified atom stereocenters. The molecule has 0 aliphatic heterocycles. The van der Waals surface area contributed by atoms with Crippen molar-refractivity contribution in [2.45, 2.75) is 32.1 Å². The van der Waals surface area contributed by atoms with E-state index in [-0.39, 0.29) is 5.91 Å². The summed E-state index contributed by atoms with van der Waals surface area (Å²) in [4.78, 5) is 27.5. The van der Waals surface area contributed by atoms with Crippen LogP contribution in [0.5, 0.6) is 0 Å². The summed E-state index contributed by atoms with van der Waals surface area (Å²) in [6.07, 6.45) is 9.42. The number of methoxy groups -OCH3 is 1. The van der Waals surface area contributed by atoms with E-state index in [0.717, 1.165) is 24.2 Å². The Hall–Kier alpha value is -1.91. The number of amides is 1. The van der Waals surface area contributed by atoms with Gasteiger partial charge >= 0.3 is 5.97 Å². The molecule has 1 aromatic heterocycles. The van der Waals surface area contributed by atoms with E-state index in [4.69, 9.17) is 0 Å². The van der Waals surface area contributed by atoms with Crippen LogP contribution in [0.25, 0.3) is 0 Å². The van der Waals surface area contributed by atoms with Crippen LogP contribution < -0.4 is 5.32 Å². The number of aromatic nitrogens is 1. The normalized spacial score (nSPS) is 26.0. The lowest BCUT2D eigenvalue weighted by molar-refractivity contribution is 0.0600. The van der Waals surface area contributed by atoms with E-state index in [1.54, 1.807) is 0 Å². The third-order valence-corrected chi connectivity index (χ3v) is 5.11. The third-order valence-electron chi connectivity index (χ3n) is 5.11. The summed E-state index contributed by atoms with van der Waals surface area (Å²) in [6.45, 7) is 0.690. The molecule has 2 saturated carbocycles. The van der Waals surface area contributed by atoms with Gasteiger partial charge in [0, 0.05) is 18.9 Å². The number of nitrogens with one attached hydrogen (secondary N) is 1. The van der Waals surface area contributed by atoms with Crippen molar-refractivity contribution in [3.05, 3.63) is 29.6 Å². The molecule has 0 aromatic carbocycles. The SMILES string of the molecule is COC(=O)c1cncc(C(=O)NCCC2CC3CCC2C3)c1. The van der Waals surface area contributed by atoms with Crippen molar-refractivity contribution in [2.24, 2.45) is 17.8 Å². The van der Waals surface area contributed by atoms with Gasteiger partial charge in [0.15, 0.2) is 0 Å². The van der Waals surface area contributed by atoms with Gasteiger partial charge in [0.2, 0.25) is 0 Å². The first-order valence-corrected chi connectivity index (χ1v) is 7.99. The molecule has 2 fully saturated rings. The minimum absolute atomic E-state index is 0.179. The molecule has 1 amide bonds. The van der Waals surface area contributed by atoms with Gasteiger partial charge in [-0.15, -0.1) is 0 Å². The number of hydrogen-bond donors (Lipinski definition) is 1. The van der Waals surface area contributed by atoms with Crippen molar-refractivity contribution in [1.29, 1.82) is 0 Å². The maximum atomic E-state index is 12.1. The van der Waals surface area contributed by atoms with Crippen LogP contribution in [0.3, 0.4) is 0 Å². The number of carbonyl (C=O) groups excluding carboxylic acids is 2. The van der Waals surface area contributed by atoms with Crippen LogP contribution in [0.1, 0.15) is 52.8 Å². The van der Waals surface area contributed by atoms with Gasteiger partial charge in [0.05, 0.1) is 18.2 Å². The third kappa shape index (κ3) is 3.13. The number of rotatable bonds is 5. The maximum absolute atomic E-state index is 12.1. The lowest BCUT2D eigenvalue weighted by atomic mass is 9.86. The van der Waals surface area contributed by atoms with E-state index in [9.17, 15) is 9.59 Å². The van der Waals surface area contributed by atoms with Crippen LogP contribution in [0, 0.1) is 17.8 Å². The summed E-state index contributed by atoms with van der Waals surface area (Å²) >= 11 is 0. The molecule has 1 heterocycles. The van der Waals surface area contributed by atoms with E-state index in [1.165, 1.54) is 51.3 Å². The maximum Gasteiger partial charge on any atom is 0.339 e. The van der Waals surface area contributed by atoms with Crippen molar-refractivity contribution in [3.8, 4) is 0 Å². The fourth-order valence-electron chi connectivity index (χ4n) is 4.00. The van der Waals surface area contributed by atoms with Crippen molar-refractivity contribution in [1.82, 2.24) is 10.3 Å². The molecular formula is C17H22N2O3. The average Bonchev–Trinajstić information content (AvgIpc) is 3.17. The monoisotopic (exact) mass is 302 g/mol. The van der Waals surface area contributed by atoms with Crippen LogP contribution in [0.2, 0.25) is 0 Å². The van der Waals surface area contributed by atoms with Crippen LogP contribution in [0.15, 0.2) is 18.5 Å². The Labute approximate surface area is 130 Å². The summed E-state index contributed by atoms with van der Waals surface area (Å²) in [7, 11) is 1.31. The molecule has 118 valence electrons. The van der Waals surface area contributed by atoms with Gasteiger partial charge in [-0.2, -0.15) is 0 Å². The van der Waals surface area contributed by atoms with E-state index >= 15 is 0 Å². The van der Waals surface area contributed by atoms with Crippen molar-refractivity contribution >= 4 is 11.9 Å². The molecule has 5 nitrogen and oxygen atoms in total. The van der Waals surface area contributed by atoms with Crippen molar-refractivity contribution < 1.29 is 14.3 Å². The molecule has 2 aliphatic carbocycles. The first-order valence-electron chi connectivity index (χ1n) is 7.99. The molecular weight excluding hydrogens is 280 g/mol. The Balaban J connectivity index is 1.50. The minimum Gasteiger partial charge on any atom is -0.465 e. The van der Waals surface area contributed by atoms with Crippen molar-refractivity contribution in [3.63, 3.8) is 0 Å². The molecule has 3 rings (SSSR count). The molecule has 2 aliphatic rings. The fourth-order valence-corrected chi connectivity index (χ4v) is 4.00. The van der Waals surface area contributed by atoms with Crippen molar-refractivity contribution in [2.75, 3.05) is 13.7 Å². The highest BCUT2D eigenvalue weighted by molar-refractivity contribution is 5.97. The summed E-state index contributed by atoms with van der Waals surface area (Å²) < 4.78 is 4.64. The van der Waals surface area contributed by atoms with Crippen LogP contribution in [-0.2, 0) is 4.74 Å². The predicted octanol–water partition coefficient (Wildman–Crippen LogP) is 2.42. The molecule has 3 atom stereocenters. The lowest BCUT2D eigenvalue weighted by Gasteiger charge is -2.21. The Morgan fingerprint density at radius 1 is 1.27 bits per heavy atom. The Bertz CT molecular complexity index is 573. The second-order valence-electron chi connectivity index (χ2n) is 6.43. The van der Waals surface area contributed by atoms with E-state index in [1.807, 2.05) is 0 Å². The summed E-state index contributed by atoms with van der Waals surface area (Å²) in [5.74, 6) is 1.93. The van der Waals surface area contributed by atoms with Gasteiger partial charge in [0.1, 0.15) is 0 Å². The number of esters is 1. The summed E-state index contributed by atoms with van der Waals surface area (Å²) in [5, 5.41) is 2.94. The summed E-state index contributed by atoms with van der Waals surface area (Å²) in [6, 6.07) is 1.52. The Kier molecular flexibility index (Phi) is 4.41. The van der Waals surface area contributed by atoms with Gasteiger partial charge in [-0.05, 0) is 49.5 Å². The molecule has 5 heteroatoms. The molecule has 0 radical (unpaired) electrons. The molecule has 22 heavy (non-hydrogen) atoms. The first-order chi connectivity index (χ1) is 10.7. The van der Waals surface area contributed by atoms with Gasteiger partial charge in [0.25, 0.3) is 5.91 Å². The summed E-state index contributed by atoms with van der Waals surface area (Å²) in [5.41, 5.74) is 0.694. The highest BCUT2D eigenvalue weighted by Crippen LogP contribution is 2.49. The number of carbonyl (C=O) groups is 2. The van der Waals surface area contributed by atoms with Gasteiger partial charge < -0.3 is 10.1 Å². The van der Waals surface area contributed by atoms with Gasteiger partial charge in [-0.25, -0.2) is 4.79 Å². The molecule has 0 saturated heterocycles. The zero-order chi connectivity index (χ0) is 15.5. The molecule has 0 spiro atoms. The number of hydrogen-bond acceptors (Lipinski definition) is 4. The zero-order valence-corrected chi connectivity index (χ0v) is 12.9. The van der Waals surface area contributed by atoms with Gasteiger partial charge in [-0.1, -0.05) is 6.42 Å². The highest BCUT2D eigenvalue weighted by atomic mass is 16.5. The topological polar surface area (TPSA) is 68.3 Å². The van der Waals surface area contributed by atoms with E-state index < -0.39 is 5.97 Å². The Morgan fingerprint density at radius 3 is 2.77 bits per heavy atom. The van der Waals surface area contributed by atoms with Crippen LogP contribution >= 0.6 is 0 Å². The standard InChI is InChI=1S/C17H22N2O3/c1-22-17(21)15-8-14(9-18-10-15)16(20)19-5-4-13-7-11-2-3-12(13)6-11/h8-13H,2-7H2,1H3,(H,19,20). The fraction of sp³-hybridized carbons (Fsp3) is 0.588. The molecule has 1 aromatic rings. The highest BCUT2D eigenvalue weighted by Gasteiger charge is 2.38. The largest absolute Gasteiger partial charge is 0.465 e. The molecule has 1 N–H and O–H groups in total. The predicted molar refractivity (Wildman–Crippen MR) is 81.5 cm³/mol. The van der Waals surface area contributed by atoms with Crippen LogP contribution in [0.4, 0.5) is 0 Å². The quantitative estimate of drug-likeness (QED) is 0.848. The lowest BCUT2D eigenvalue weighted by Crippen LogP contribution is -2.27. The molecule has 2 bridgehead atoms. The number of pyridine rings is 1. The van der Waals surface area contributed by atoms with Gasteiger partial charge in [-0.3, -0.25) is 9.78 Å². The first kappa shape index (κ1) is 15.0. The number of ether oxygens (including phenoxy) is 1. The smallest absolute Gasteiger partial charge is 0.339 e. The Morgan fingerprint density at radius 2 is 2.09 bits per heavy atom. The second kappa shape index (κ2) is 6.46. The van der Waals surface area contributed by atoms with E-state index in [2.05, 4.69) is 15.0 Å². The number of nitrogens with zero attached hydrogens (tertiary/aromatic N) is 1. The van der Waals surface area contributed by atoms with E-state index in [0.29, 0.717) is 17.7 Å².